The molecule has 0 unspecified atom stereocenters. The van der Waals surface area contributed by atoms with Crippen LogP contribution in [-0.4, -0.2) is 29.4 Å². The van der Waals surface area contributed by atoms with Crippen molar-refractivity contribution in [1.82, 2.24) is 4.57 Å². The minimum absolute atomic E-state index is 0.141. The number of carbonyl (C=O) groups is 1. The van der Waals surface area contributed by atoms with Gasteiger partial charge in [-0.2, -0.15) is 0 Å². The minimum atomic E-state index is -0.313. The number of rotatable bonds is 3. The number of aromatic nitrogens is 1. The van der Waals surface area contributed by atoms with E-state index in [1.807, 2.05) is 22.9 Å². The van der Waals surface area contributed by atoms with Crippen LogP contribution in [0.2, 0.25) is 0 Å². The van der Waals surface area contributed by atoms with Crippen molar-refractivity contribution in [3.8, 4) is 22.8 Å². The lowest BCUT2D eigenvalue weighted by molar-refractivity contribution is 0.0526. The van der Waals surface area contributed by atoms with Gasteiger partial charge in [-0.3, -0.25) is 0 Å². The number of esters is 1. The summed E-state index contributed by atoms with van der Waals surface area (Å²) in [6.07, 6.45) is 2.62. The van der Waals surface area contributed by atoms with Gasteiger partial charge in [-0.1, -0.05) is 0 Å². The van der Waals surface area contributed by atoms with Crippen LogP contribution in [-0.2, 0) is 17.7 Å². The summed E-state index contributed by atoms with van der Waals surface area (Å²) < 4.78 is 12.2. The molecular formula is C16H17NO4. The molecule has 0 aliphatic carbocycles. The Morgan fingerprint density at radius 3 is 2.90 bits per heavy atom. The number of methoxy groups -OCH3 is 1. The summed E-state index contributed by atoms with van der Waals surface area (Å²) in [6.45, 7) is 2.92. The molecule has 110 valence electrons. The van der Waals surface area contributed by atoms with Crippen molar-refractivity contribution in [2.24, 2.45) is 0 Å². The number of aryl methyl sites for hydroxylation is 2. The number of nitrogens with zero attached hydrogens (tertiary/aromatic N) is 1. The van der Waals surface area contributed by atoms with Gasteiger partial charge in [0.25, 0.3) is 0 Å². The molecular weight excluding hydrogens is 270 g/mol. The van der Waals surface area contributed by atoms with E-state index in [1.54, 1.807) is 13.0 Å². The molecule has 2 heterocycles. The molecule has 0 spiro atoms. The molecule has 0 fully saturated rings. The van der Waals surface area contributed by atoms with Crippen LogP contribution in [0.5, 0.6) is 11.5 Å². The second-order valence-corrected chi connectivity index (χ2v) is 4.96. The molecule has 5 heteroatoms. The fraction of sp³-hybridized carbons (Fsp3) is 0.312. The Bertz CT molecular complexity index is 703. The first-order valence-corrected chi connectivity index (χ1v) is 6.91. The van der Waals surface area contributed by atoms with Crippen LogP contribution < -0.4 is 4.74 Å². The summed E-state index contributed by atoms with van der Waals surface area (Å²) in [5, 5.41) is 9.87. The molecule has 1 aliphatic rings. The average molecular weight is 287 g/mol. The molecule has 0 atom stereocenters. The van der Waals surface area contributed by atoms with E-state index in [9.17, 15) is 9.90 Å². The lowest BCUT2D eigenvalue weighted by Gasteiger charge is -2.20. The predicted octanol–water partition coefficient (Wildman–Crippen LogP) is 2.60. The van der Waals surface area contributed by atoms with E-state index in [-0.39, 0.29) is 11.7 Å². The summed E-state index contributed by atoms with van der Waals surface area (Å²) in [6, 6.07) is 5.37. The maximum absolute atomic E-state index is 11.9. The quantitative estimate of drug-likeness (QED) is 0.881. The zero-order valence-corrected chi connectivity index (χ0v) is 12.0. The topological polar surface area (TPSA) is 60.7 Å². The van der Waals surface area contributed by atoms with Gasteiger partial charge in [0.1, 0.15) is 0 Å². The van der Waals surface area contributed by atoms with E-state index in [0.29, 0.717) is 17.9 Å². The third-order valence-corrected chi connectivity index (χ3v) is 3.71. The van der Waals surface area contributed by atoms with E-state index in [2.05, 4.69) is 0 Å². The van der Waals surface area contributed by atoms with Crippen LogP contribution in [0.4, 0.5) is 0 Å². The maximum atomic E-state index is 11.9. The third-order valence-electron chi connectivity index (χ3n) is 3.71. The minimum Gasteiger partial charge on any atom is -0.504 e. The van der Waals surface area contributed by atoms with Gasteiger partial charge in [0.05, 0.1) is 19.3 Å². The second-order valence-electron chi connectivity index (χ2n) is 4.96. The van der Waals surface area contributed by atoms with Gasteiger partial charge in [-0.15, -0.1) is 0 Å². The van der Waals surface area contributed by atoms with Gasteiger partial charge in [0, 0.05) is 24.0 Å². The van der Waals surface area contributed by atoms with E-state index >= 15 is 0 Å². The summed E-state index contributed by atoms with van der Waals surface area (Å²) in [4.78, 5) is 11.9. The number of hydrogen-bond acceptors (Lipinski definition) is 4. The molecule has 1 N–H and O–H groups in total. The van der Waals surface area contributed by atoms with Gasteiger partial charge < -0.3 is 19.1 Å². The normalized spacial score (nSPS) is 12.5. The highest BCUT2D eigenvalue weighted by atomic mass is 16.5. The number of carbonyl (C=O) groups excluding carboxylic acids is 1. The smallest absolute Gasteiger partial charge is 0.339 e. The Morgan fingerprint density at radius 2 is 2.19 bits per heavy atom. The van der Waals surface area contributed by atoms with Crippen molar-refractivity contribution in [2.75, 3.05) is 13.7 Å². The van der Waals surface area contributed by atoms with Crippen molar-refractivity contribution in [2.45, 2.75) is 19.9 Å². The van der Waals surface area contributed by atoms with Gasteiger partial charge >= 0.3 is 5.97 Å². The van der Waals surface area contributed by atoms with E-state index in [4.69, 9.17) is 9.47 Å². The first-order chi connectivity index (χ1) is 10.1. The molecule has 0 saturated carbocycles. The Kier molecular flexibility index (Phi) is 3.33. The highest BCUT2D eigenvalue weighted by Gasteiger charge is 2.22. The van der Waals surface area contributed by atoms with Crippen LogP contribution in [0.1, 0.15) is 22.8 Å². The van der Waals surface area contributed by atoms with Gasteiger partial charge in [-0.25, -0.2) is 4.79 Å². The number of phenolic OH excluding ortho intramolecular Hbond substituents is 1. The monoisotopic (exact) mass is 287 g/mol. The number of hydrogen-bond donors (Lipinski definition) is 1. The molecule has 1 aliphatic heterocycles. The number of benzene rings is 1. The molecule has 3 rings (SSSR count). The zero-order chi connectivity index (χ0) is 15.0. The molecule has 1 aromatic heterocycles. The third kappa shape index (κ3) is 2.24. The van der Waals surface area contributed by atoms with Crippen molar-refractivity contribution in [1.29, 1.82) is 0 Å². The summed E-state index contributed by atoms with van der Waals surface area (Å²) >= 11 is 0. The van der Waals surface area contributed by atoms with E-state index in [0.717, 1.165) is 29.8 Å². The van der Waals surface area contributed by atoms with Crippen LogP contribution in [0.25, 0.3) is 11.3 Å². The molecule has 0 bridgehead atoms. The van der Waals surface area contributed by atoms with Crippen molar-refractivity contribution in [3.63, 3.8) is 0 Å². The Balaban J connectivity index is 2.07. The molecule has 5 nitrogen and oxygen atoms in total. The van der Waals surface area contributed by atoms with Gasteiger partial charge in [0.2, 0.25) is 0 Å². The first-order valence-electron chi connectivity index (χ1n) is 6.91. The van der Waals surface area contributed by atoms with Crippen LogP contribution in [0.15, 0.2) is 24.4 Å². The van der Waals surface area contributed by atoms with Gasteiger partial charge in [-0.05, 0) is 37.1 Å². The largest absolute Gasteiger partial charge is 0.504 e. The van der Waals surface area contributed by atoms with Crippen LogP contribution in [0, 0.1) is 0 Å². The first kappa shape index (κ1) is 13.5. The Morgan fingerprint density at radius 1 is 1.38 bits per heavy atom. The number of ether oxygens (including phenoxy) is 2. The Labute approximate surface area is 122 Å². The van der Waals surface area contributed by atoms with Crippen molar-refractivity contribution < 1.29 is 19.4 Å². The van der Waals surface area contributed by atoms with Crippen molar-refractivity contribution >= 4 is 5.97 Å². The highest BCUT2D eigenvalue weighted by Crippen LogP contribution is 2.38. The SMILES string of the molecule is CCOC(=O)c1cc2n(c1)CCc1cc(O)c(OC)cc1-2. The second kappa shape index (κ2) is 5.16. The number of aromatic hydroxyl groups is 1. The average Bonchev–Trinajstić information content (AvgIpc) is 2.91. The highest BCUT2D eigenvalue weighted by molar-refractivity contribution is 5.91. The molecule has 21 heavy (non-hydrogen) atoms. The fourth-order valence-corrected chi connectivity index (χ4v) is 2.71. The zero-order valence-electron chi connectivity index (χ0n) is 12.0. The summed E-state index contributed by atoms with van der Waals surface area (Å²) in [5.74, 6) is 0.259. The lowest BCUT2D eigenvalue weighted by atomic mass is 9.97. The van der Waals surface area contributed by atoms with Crippen molar-refractivity contribution in [3.05, 3.63) is 35.5 Å². The van der Waals surface area contributed by atoms with Crippen LogP contribution in [0.3, 0.4) is 0 Å². The summed E-state index contributed by atoms with van der Waals surface area (Å²) in [7, 11) is 1.52. The van der Waals surface area contributed by atoms with E-state index < -0.39 is 0 Å². The van der Waals surface area contributed by atoms with E-state index in [1.165, 1.54) is 7.11 Å². The Hall–Kier alpha value is -2.43. The molecule has 0 radical (unpaired) electrons. The lowest BCUT2D eigenvalue weighted by Crippen LogP contribution is -2.09. The molecule has 2 aromatic rings. The summed E-state index contributed by atoms with van der Waals surface area (Å²) in [5.41, 5.74) is 3.52. The number of fused-ring (bicyclic) bond motifs is 3. The molecule has 1 aromatic carbocycles. The van der Waals surface area contributed by atoms with Crippen LogP contribution >= 0.6 is 0 Å². The number of phenols is 1. The molecule has 0 amide bonds. The van der Waals surface area contributed by atoms with Gasteiger partial charge in [0.15, 0.2) is 11.5 Å². The molecule has 0 saturated heterocycles. The maximum Gasteiger partial charge on any atom is 0.339 e. The predicted molar refractivity (Wildman–Crippen MR) is 77.7 cm³/mol. The standard InChI is InChI=1S/C16H17NO4/c1-3-21-16(19)11-6-13-12-8-15(20-2)14(18)7-10(12)4-5-17(13)9-11/h6-9,18H,3-5H2,1-2H3. The fourth-order valence-electron chi connectivity index (χ4n) is 2.71.